The average Bonchev–Trinajstić information content (AvgIpc) is 2.84. The van der Waals surface area contributed by atoms with Crippen molar-refractivity contribution in [3.8, 4) is 5.75 Å². The van der Waals surface area contributed by atoms with E-state index in [4.69, 9.17) is 4.74 Å². The Morgan fingerprint density at radius 1 is 0.943 bits per heavy atom. The van der Waals surface area contributed by atoms with Crippen molar-refractivity contribution in [1.82, 2.24) is 4.31 Å². The largest absolute Gasteiger partial charge is 0.497 e. The number of rotatable bonds is 7. The molecule has 1 atom stereocenters. The molecule has 3 aromatic carbocycles. The third-order valence-electron chi connectivity index (χ3n) is 5.90. The molecule has 35 heavy (non-hydrogen) atoms. The van der Waals surface area contributed by atoms with E-state index < -0.39 is 16.1 Å². The van der Waals surface area contributed by atoms with E-state index in [9.17, 15) is 18.0 Å². The van der Waals surface area contributed by atoms with Crippen LogP contribution >= 0.6 is 0 Å². The Bertz CT molecular complexity index is 1320. The lowest BCUT2D eigenvalue weighted by atomic mass is 9.92. The molecule has 1 aliphatic rings. The van der Waals surface area contributed by atoms with Crippen LogP contribution in [-0.4, -0.2) is 38.2 Å². The topological polar surface area (TPSA) is 105 Å². The molecular weight excluding hydrogens is 466 g/mol. The number of carbonyl (C=O) groups excluding carboxylic acids is 2. The first kappa shape index (κ1) is 24.4. The molecule has 1 aliphatic heterocycles. The van der Waals surface area contributed by atoms with Gasteiger partial charge in [0.2, 0.25) is 21.8 Å². The third kappa shape index (κ3) is 5.52. The van der Waals surface area contributed by atoms with Gasteiger partial charge in [-0.15, -0.1) is 0 Å². The SMILES string of the molecule is COc1ccc(NC(=O)C[C@@H]2c3ccccc3CCN2S(=O)(=O)c2ccc(NC(C)=O)cc2)cc1. The Morgan fingerprint density at radius 3 is 2.23 bits per heavy atom. The van der Waals surface area contributed by atoms with Gasteiger partial charge in [-0.3, -0.25) is 9.59 Å². The summed E-state index contributed by atoms with van der Waals surface area (Å²) in [5.41, 5.74) is 2.96. The van der Waals surface area contributed by atoms with Crippen molar-refractivity contribution >= 4 is 33.2 Å². The molecule has 0 saturated carbocycles. The van der Waals surface area contributed by atoms with Crippen LogP contribution < -0.4 is 15.4 Å². The molecule has 0 saturated heterocycles. The summed E-state index contributed by atoms with van der Waals surface area (Å²) in [5.74, 6) is 0.139. The molecule has 2 N–H and O–H groups in total. The van der Waals surface area contributed by atoms with E-state index in [1.807, 2.05) is 24.3 Å². The van der Waals surface area contributed by atoms with Crippen molar-refractivity contribution in [2.75, 3.05) is 24.3 Å². The van der Waals surface area contributed by atoms with Gasteiger partial charge in [0.05, 0.1) is 18.0 Å². The number of hydrogen-bond acceptors (Lipinski definition) is 5. The number of fused-ring (bicyclic) bond motifs is 1. The van der Waals surface area contributed by atoms with E-state index in [-0.39, 0.29) is 29.7 Å². The molecule has 0 unspecified atom stereocenters. The van der Waals surface area contributed by atoms with Crippen molar-refractivity contribution in [3.63, 3.8) is 0 Å². The highest BCUT2D eigenvalue weighted by atomic mass is 32.2. The maximum absolute atomic E-state index is 13.6. The maximum Gasteiger partial charge on any atom is 0.243 e. The standard InChI is InChI=1S/C26H27N3O5S/c1-18(30)27-20-9-13-23(14-10-20)35(32,33)29-16-15-19-5-3-4-6-24(19)25(29)17-26(31)28-21-7-11-22(34-2)12-8-21/h3-14,25H,15-17H2,1-2H3,(H,27,30)(H,28,31)/t25-/m1/s1. The average molecular weight is 494 g/mol. The monoisotopic (exact) mass is 493 g/mol. The minimum absolute atomic E-state index is 0.0355. The zero-order valence-electron chi connectivity index (χ0n) is 19.5. The zero-order valence-corrected chi connectivity index (χ0v) is 20.3. The van der Waals surface area contributed by atoms with Crippen LogP contribution in [0.15, 0.2) is 77.7 Å². The molecule has 182 valence electrons. The highest BCUT2D eigenvalue weighted by molar-refractivity contribution is 7.89. The fourth-order valence-corrected chi connectivity index (χ4v) is 5.84. The van der Waals surface area contributed by atoms with E-state index in [1.165, 1.54) is 23.4 Å². The van der Waals surface area contributed by atoms with E-state index >= 15 is 0 Å². The van der Waals surface area contributed by atoms with Gasteiger partial charge in [0.1, 0.15) is 5.75 Å². The van der Waals surface area contributed by atoms with Gasteiger partial charge < -0.3 is 15.4 Å². The van der Waals surface area contributed by atoms with Crippen molar-refractivity contribution < 1.29 is 22.7 Å². The van der Waals surface area contributed by atoms with E-state index in [2.05, 4.69) is 10.6 Å². The first-order valence-electron chi connectivity index (χ1n) is 11.2. The van der Waals surface area contributed by atoms with Gasteiger partial charge >= 0.3 is 0 Å². The molecule has 8 nitrogen and oxygen atoms in total. The highest BCUT2D eigenvalue weighted by Crippen LogP contribution is 2.36. The Labute approximate surface area is 205 Å². The molecule has 0 fully saturated rings. The Morgan fingerprint density at radius 2 is 1.57 bits per heavy atom. The van der Waals surface area contributed by atoms with Gasteiger partial charge in [0.15, 0.2) is 0 Å². The molecule has 0 spiro atoms. The first-order valence-corrected chi connectivity index (χ1v) is 12.6. The smallest absolute Gasteiger partial charge is 0.243 e. The number of hydrogen-bond donors (Lipinski definition) is 2. The Hall–Kier alpha value is -3.69. The summed E-state index contributed by atoms with van der Waals surface area (Å²) < 4.78 is 33.8. The number of sulfonamides is 1. The van der Waals surface area contributed by atoms with E-state index in [0.29, 0.717) is 23.5 Å². The first-order chi connectivity index (χ1) is 16.8. The highest BCUT2D eigenvalue weighted by Gasteiger charge is 2.37. The quantitative estimate of drug-likeness (QED) is 0.518. The maximum atomic E-state index is 13.6. The Kier molecular flexibility index (Phi) is 7.18. The Balaban J connectivity index is 1.61. The second kappa shape index (κ2) is 10.3. The number of carbonyl (C=O) groups is 2. The number of nitrogens with zero attached hydrogens (tertiary/aromatic N) is 1. The van der Waals surface area contributed by atoms with Crippen LogP contribution in [0.2, 0.25) is 0 Å². The predicted molar refractivity (Wildman–Crippen MR) is 134 cm³/mol. The molecule has 9 heteroatoms. The van der Waals surface area contributed by atoms with Gasteiger partial charge in [-0.05, 0) is 66.1 Å². The lowest BCUT2D eigenvalue weighted by Crippen LogP contribution is -2.41. The molecule has 1 heterocycles. The number of anilines is 2. The number of nitrogens with one attached hydrogen (secondary N) is 2. The van der Waals surface area contributed by atoms with Crippen LogP contribution in [0.3, 0.4) is 0 Å². The third-order valence-corrected chi connectivity index (χ3v) is 7.82. The molecule has 2 amide bonds. The fraction of sp³-hybridized carbons (Fsp3) is 0.231. The van der Waals surface area contributed by atoms with Crippen molar-refractivity contribution in [3.05, 3.63) is 83.9 Å². The fourth-order valence-electron chi connectivity index (χ4n) is 4.24. The van der Waals surface area contributed by atoms with Crippen molar-refractivity contribution in [1.29, 1.82) is 0 Å². The molecule has 3 aromatic rings. The van der Waals surface area contributed by atoms with Crippen molar-refractivity contribution in [2.24, 2.45) is 0 Å². The molecule has 0 aliphatic carbocycles. The lowest BCUT2D eigenvalue weighted by Gasteiger charge is -2.36. The molecule has 4 rings (SSSR count). The van der Waals surface area contributed by atoms with Gasteiger partial charge in [-0.25, -0.2) is 8.42 Å². The molecule has 0 radical (unpaired) electrons. The summed E-state index contributed by atoms with van der Waals surface area (Å²) in [6.45, 7) is 1.64. The predicted octanol–water partition coefficient (Wildman–Crippen LogP) is 3.97. The van der Waals surface area contributed by atoms with Gasteiger partial charge in [0.25, 0.3) is 0 Å². The van der Waals surface area contributed by atoms with E-state index in [0.717, 1.165) is 11.1 Å². The summed E-state index contributed by atoms with van der Waals surface area (Å²) in [7, 11) is -2.34. The minimum Gasteiger partial charge on any atom is -0.497 e. The number of amides is 2. The van der Waals surface area contributed by atoms with Crippen molar-refractivity contribution in [2.45, 2.75) is 30.7 Å². The lowest BCUT2D eigenvalue weighted by molar-refractivity contribution is -0.117. The molecule has 0 aromatic heterocycles. The molecular formula is C26H27N3O5S. The summed E-state index contributed by atoms with van der Waals surface area (Å²) >= 11 is 0. The van der Waals surface area contributed by atoms with Crippen LogP contribution in [0.4, 0.5) is 11.4 Å². The van der Waals surface area contributed by atoms with Crippen LogP contribution in [0.5, 0.6) is 5.75 Å². The summed E-state index contributed by atoms with van der Waals surface area (Å²) in [5, 5.41) is 5.49. The van der Waals surface area contributed by atoms with Gasteiger partial charge in [-0.1, -0.05) is 24.3 Å². The summed E-state index contributed by atoms with van der Waals surface area (Å²) in [6, 6.07) is 20.0. The van der Waals surface area contributed by atoms with Crippen LogP contribution in [0.25, 0.3) is 0 Å². The van der Waals surface area contributed by atoms with Crippen LogP contribution in [-0.2, 0) is 26.0 Å². The minimum atomic E-state index is -3.90. The van der Waals surface area contributed by atoms with E-state index in [1.54, 1.807) is 43.5 Å². The number of methoxy groups -OCH3 is 1. The second-order valence-electron chi connectivity index (χ2n) is 8.27. The van der Waals surface area contributed by atoms with Gasteiger partial charge in [0, 0.05) is 31.3 Å². The van der Waals surface area contributed by atoms with Gasteiger partial charge in [-0.2, -0.15) is 4.31 Å². The zero-order chi connectivity index (χ0) is 25.0. The number of benzene rings is 3. The summed E-state index contributed by atoms with van der Waals surface area (Å²) in [6.07, 6.45) is 0.516. The normalized spacial score (nSPS) is 15.7. The van der Waals surface area contributed by atoms with Crippen LogP contribution in [0.1, 0.15) is 30.5 Å². The summed E-state index contributed by atoms with van der Waals surface area (Å²) in [4.78, 5) is 24.4. The molecule has 0 bridgehead atoms. The number of ether oxygens (including phenoxy) is 1. The van der Waals surface area contributed by atoms with Crippen LogP contribution in [0, 0.1) is 0 Å². The second-order valence-corrected chi connectivity index (χ2v) is 10.2.